The van der Waals surface area contributed by atoms with Gasteiger partial charge >= 0.3 is 0 Å². The number of thiophene rings is 1. The Kier molecular flexibility index (Phi) is 5.15. The van der Waals surface area contributed by atoms with Gasteiger partial charge in [-0.25, -0.2) is 22.2 Å². The monoisotopic (exact) mass is 503 g/mol. The summed E-state index contributed by atoms with van der Waals surface area (Å²) in [5.41, 5.74) is -1.19. The highest BCUT2D eigenvalue weighted by molar-refractivity contribution is 7.94. The molecule has 0 spiro atoms. The van der Waals surface area contributed by atoms with Gasteiger partial charge in [0.05, 0.1) is 16.3 Å². The molecule has 2 aromatic carbocycles. The summed E-state index contributed by atoms with van der Waals surface area (Å²) in [7, 11) is -4.19. The average Bonchev–Trinajstić information content (AvgIpc) is 3.40. The fraction of sp³-hybridized carbons (Fsp3) is 0. The van der Waals surface area contributed by atoms with E-state index >= 15 is 4.39 Å². The second-order valence-electron chi connectivity index (χ2n) is 7.07. The number of aromatic amines is 1. The summed E-state index contributed by atoms with van der Waals surface area (Å²) in [5, 5.41) is 1.23. The molecule has 0 unspecified atom stereocenters. The number of hydrogen-bond acceptors (Lipinski definition) is 5. The summed E-state index contributed by atoms with van der Waals surface area (Å²) in [5.74, 6) is -3.44. The lowest BCUT2D eigenvalue weighted by atomic mass is 10.0. The van der Waals surface area contributed by atoms with E-state index in [1.165, 1.54) is 24.5 Å². The molecule has 0 atom stereocenters. The van der Waals surface area contributed by atoms with Gasteiger partial charge in [0.15, 0.2) is 5.82 Å². The van der Waals surface area contributed by atoms with Crippen LogP contribution in [0.5, 0.6) is 0 Å². The maximum atomic E-state index is 15.3. The molecule has 166 valence electrons. The van der Waals surface area contributed by atoms with Crippen LogP contribution in [0.3, 0.4) is 0 Å². The van der Waals surface area contributed by atoms with Crippen LogP contribution in [-0.4, -0.2) is 24.2 Å². The van der Waals surface area contributed by atoms with Crippen molar-refractivity contribution >= 4 is 65.6 Å². The van der Waals surface area contributed by atoms with Crippen molar-refractivity contribution < 1.29 is 22.0 Å². The highest BCUT2D eigenvalue weighted by Gasteiger charge is 2.27. The predicted octanol–water partition coefficient (Wildman–Crippen LogP) is 5.74. The van der Waals surface area contributed by atoms with Crippen LogP contribution in [0, 0.1) is 11.6 Å². The average molecular weight is 504 g/mol. The zero-order chi connectivity index (χ0) is 23.3. The lowest BCUT2D eigenvalue weighted by Gasteiger charge is -2.11. The molecule has 6 nitrogen and oxygen atoms in total. The number of pyridine rings is 1. The van der Waals surface area contributed by atoms with Crippen LogP contribution >= 0.6 is 22.9 Å². The van der Waals surface area contributed by atoms with Gasteiger partial charge in [0.1, 0.15) is 15.7 Å². The van der Waals surface area contributed by atoms with E-state index < -0.39 is 38.7 Å². The Morgan fingerprint density at radius 1 is 1.12 bits per heavy atom. The van der Waals surface area contributed by atoms with Crippen LogP contribution in [0.4, 0.5) is 14.5 Å². The van der Waals surface area contributed by atoms with Gasteiger partial charge in [0, 0.05) is 28.0 Å². The number of hydrogen-bond donors (Lipinski definition) is 2. The van der Waals surface area contributed by atoms with Crippen LogP contribution < -0.4 is 4.72 Å². The van der Waals surface area contributed by atoms with Gasteiger partial charge in [-0.3, -0.25) is 9.52 Å². The zero-order valence-electron chi connectivity index (χ0n) is 16.4. The van der Waals surface area contributed by atoms with Gasteiger partial charge in [-0.15, -0.1) is 11.3 Å². The number of rotatable bonds is 5. The lowest BCUT2D eigenvalue weighted by Crippen LogP contribution is -2.15. The molecule has 5 rings (SSSR count). The molecular weight excluding hydrogens is 492 g/mol. The van der Waals surface area contributed by atoms with Crippen molar-refractivity contribution in [3.05, 3.63) is 88.7 Å². The first-order valence-electron chi connectivity index (χ1n) is 9.41. The summed E-state index contributed by atoms with van der Waals surface area (Å²) < 4.78 is 58.4. The van der Waals surface area contributed by atoms with E-state index in [-0.39, 0.29) is 20.2 Å². The topological polar surface area (TPSA) is 91.9 Å². The summed E-state index contributed by atoms with van der Waals surface area (Å²) in [4.78, 5) is 19.8. The summed E-state index contributed by atoms with van der Waals surface area (Å²) in [6, 6.07) is 11.7. The number of fused-ring (bicyclic) bond motifs is 2. The summed E-state index contributed by atoms with van der Waals surface area (Å²) >= 11 is 6.94. The number of ketones is 1. The Morgan fingerprint density at radius 2 is 1.91 bits per heavy atom. The number of aromatic nitrogens is 2. The van der Waals surface area contributed by atoms with Gasteiger partial charge in [-0.05, 0) is 35.7 Å². The Bertz CT molecular complexity index is 1650. The third kappa shape index (κ3) is 3.75. The molecular formula is C22H12ClF2N3O3S2. The molecule has 0 saturated heterocycles. The van der Waals surface area contributed by atoms with Gasteiger partial charge in [-0.2, -0.15) is 0 Å². The number of carbonyl (C=O) groups excluding carboxylic acids is 1. The van der Waals surface area contributed by atoms with Crippen molar-refractivity contribution in [3.63, 3.8) is 0 Å². The number of sulfonamides is 1. The number of benzene rings is 2. The smallest absolute Gasteiger partial charge is 0.271 e. The van der Waals surface area contributed by atoms with Crippen molar-refractivity contribution in [2.45, 2.75) is 4.21 Å². The van der Waals surface area contributed by atoms with Crippen molar-refractivity contribution in [2.24, 2.45) is 0 Å². The zero-order valence-corrected chi connectivity index (χ0v) is 18.8. The highest BCUT2D eigenvalue weighted by Crippen LogP contribution is 2.32. The van der Waals surface area contributed by atoms with E-state index in [1.54, 1.807) is 24.3 Å². The molecule has 0 aliphatic heterocycles. The molecule has 0 bridgehead atoms. The molecule has 5 aromatic rings. The van der Waals surface area contributed by atoms with Crippen LogP contribution in [0.15, 0.2) is 65.1 Å². The maximum absolute atomic E-state index is 15.3. The van der Waals surface area contributed by atoms with Crippen molar-refractivity contribution in [2.75, 3.05) is 4.72 Å². The molecule has 0 amide bonds. The van der Waals surface area contributed by atoms with Gasteiger partial charge in [-0.1, -0.05) is 29.8 Å². The molecule has 33 heavy (non-hydrogen) atoms. The first-order valence-corrected chi connectivity index (χ1v) is 12.1. The Labute approximate surface area is 194 Å². The maximum Gasteiger partial charge on any atom is 0.271 e. The van der Waals surface area contributed by atoms with Crippen molar-refractivity contribution in [3.8, 4) is 0 Å². The third-order valence-corrected chi connectivity index (χ3v) is 8.13. The fourth-order valence-corrected chi connectivity index (χ4v) is 6.04. The molecule has 3 aromatic heterocycles. The standard InChI is InChI=1S/C22H12ClF2N3O3S2/c23-12-8-13-14(10-27-22(13)26-9-12)21(29)19-15(24)5-6-16(20(19)25)28-33(30,31)18-7-11-3-1-2-4-17(11)32-18/h1-10,28H,(H,26,27). The first-order chi connectivity index (χ1) is 15.7. The van der Waals surface area contributed by atoms with Crippen LogP contribution in [0.1, 0.15) is 15.9 Å². The molecule has 0 radical (unpaired) electrons. The molecule has 0 saturated carbocycles. The number of carbonyl (C=O) groups is 1. The minimum atomic E-state index is -4.19. The minimum absolute atomic E-state index is 0.0438. The van der Waals surface area contributed by atoms with Crippen molar-refractivity contribution in [1.82, 2.24) is 9.97 Å². The van der Waals surface area contributed by atoms with E-state index in [4.69, 9.17) is 11.6 Å². The van der Waals surface area contributed by atoms with E-state index in [0.29, 0.717) is 11.0 Å². The molecule has 2 N–H and O–H groups in total. The largest absolute Gasteiger partial charge is 0.345 e. The third-order valence-electron chi connectivity index (χ3n) is 4.97. The second-order valence-corrected chi connectivity index (χ2v) is 10.5. The Balaban J connectivity index is 1.55. The summed E-state index contributed by atoms with van der Waals surface area (Å²) in [6.45, 7) is 0. The van der Waals surface area contributed by atoms with Crippen LogP contribution in [-0.2, 0) is 10.0 Å². The second kappa shape index (κ2) is 7.91. The normalized spacial score (nSPS) is 11.8. The molecule has 0 aliphatic rings. The highest BCUT2D eigenvalue weighted by atomic mass is 35.5. The van der Waals surface area contributed by atoms with Crippen LogP contribution in [0.2, 0.25) is 5.02 Å². The molecule has 11 heteroatoms. The summed E-state index contributed by atoms with van der Waals surface area (Å²) in [6.07, 6.45) is 2.63. The minimum Gasteiger partial charge on any atom is -0.345 e. The van der Waals surface area contributed by atoms with E-state index in [9.17, 15) is 17.6 Å². The fourth-order valence-electron chi connectivity index (χ4n) is 3.42. The van der Waals surface area contributed by atoms with E-state index in [0.717, 1.165) is 28.2 Å². The first kappa shape index (κ1) is 21.5. The lowest BCUT2D eigenvalue weighted by molar-refractivity contribution is 0.103. The van der Waals surface area contributed by atoms with E-state index in [2.05, 4.69) is 14.7 Å². The quantitative estimate of drug-likeness (QED) is 0.299. The number of anilines is 1. The Morgan fingerprint density at radius 3 is 2.70 bits per heavy atom. The molecule has 0 fully saturated rings. The number of halogens is 3. The SMILES string of the molecule is O=C(c1c(F)ccc(NS(=O)(=O)c2cc3ccccc3s2)c1F)c1c[nH]c2ncc(Cl)cc12. The molecule has 3 heterocycles. The van der Waals surface area contributed by atoms with Gasteiger partial charge < -0.3 is 4.98 Å². The number of nitrogens with zero attached hydrogens (tertiary/aromatic N) is 1. The van der Waals surface area contributed by atoms with Crippen LogP contribution in [0.25, 0.3) is 21.1 Å². The van der Waals surface area contributed by atoms with Gasteiger partial charge in [0.2, 0.25) is 5.78 Å². The molecule has 0 aliphatic carbocycles. The van der Waals surface area contributed by atoms with E-state index in [1.807, 2.05) is 0 Å². The Hall–Kier alpha value is -3.34. The van der Waals surface area contributed by atoms with Gasteiger partial charge in [0.25, 0.3) is 10.0 Å². The predicted molar refractivity (Wildman–Crippen MR) is 124 cm³/mol. The number of nitrogens with one attached hydrogen (secondary N) is 2. The number of H-pyrrole nitrogens is 1. The van der Waals surface area contributed by atoms with Crippen molar-refractivity contribution in [1.29, 1.82) is 0 Å².